The number of alkyl halides is 10. The Labute approximate surface area is 756 Å². The van der Waals surface area contributed by atoms with Crippen LogP contribution in [0.1, 0.15) is 119 Å². The molecular weight excluding hydrogens is 1810 g/mol. The lowest BCUT2D eigenvalue weighted by Gasteiger charge is -2.29. The summed E-state index contributed by atoms with van der Waals surface area (Å²) in [5, 5.41) is -11.8. The van der Waals surface area contributed by atoms with Gasteiger partial charge in [0.15, 0.2) is 76.7 Å². The monoisotopic (exact) mass is 1920 g/mol. The zero-order valence-corrected chi connectivity index (χ0v) is 77.5. The Morgan fingerprint density at radius 3 is 0.969 bits per heavy atom. The molecule has 9 aromatic rings. The maximum atomic E-state index is 13.1. The minimum absolute atomic E-state index is 0.0401. The maximum Gasteiger partial charge on any atom is 0.432 e. The molecule has 4 unspecified atom stereocenters. The fraction of sp³-hybridized carbons (Fsp3) is 0.372. The van der Waals surface area contributed by atoms with E-state index in [0.717, 1.165) is 25.2 Å². The molecule has 0 N–H and O–H groups in total. The maximum absolute atomic E-state index is 13.1. The highest BCUT2D eigenvalue weighted by molar-refractivity contribution is 7.97. The number of benzene rings is 9. The van der Waals surface area contributed by atoms with Crippen molar-refractivity contribution in [3.63, 3.8) is 0 Å². The molecule has 2 heterocycles. The fourth-order valence-corrected chi connectivity index (χ4v) is 22.8. The quantitative estimate of drug-likeness (QED) is 0.00905. The Balaban J connectivity index is 0.000000221. The lowest BCUT2D eigenvalue weighted by Crippen LogP contribution is -2.52. The van der Waals surface area contributed by atoms with Crippen LogP contribution in [0, 0.1) is 10.8 Å². The molecule has 698 valence electrons. The number of ether oxygens (including phenoxy) is 8. The first kappa shape index (κ1) is 106. The van der Waals surface area contributed by atoms with Crippen LogP contribution in [-0.2, 0) is 111 Å². The standard InChI is InChI=1S/C25H31SSi.C23H23O2S.C22H19O3S.2C12H17F5O7S/c1-4-27(5-2,6-3)21-22-17-19-25(20-18-22)26(23-13-9-7-10-14-23)24-15-11-8-12-16-24;1-3-9-20(10-4-1)26(21-11-5-2-6-12-21)22-16-14-19(15-17-22)25-23-13-7-8-18-24-23;23-22-21(15-16-24-22)25-17-11-13-20(14-12-17)26(18-7-3-1-4-8-18)19-9-5-2-6-10-19;2*1-4-10(2,3)9(19)23-6-5-7(18)24-8(11(13,14)15)12(16,17)25(20,21)22/h7-20H,4-6,21H2,1-3H3;1-6,9-12,14-17,23H,7-8,13,18H2;1-14,21H,15-16H2;2*8H,4-6H2,1-3H3,(H,20,21,22)/q3*+1;;/p-2. The Morgan fingerprint density at radius 2 is 0.713 bits per heavy atom. The van der Waals surface area contributed by atoms with Gasteiger partial charge in [-0.3, -0.25) is 19.2 Å². The second-order valence-electron chi connectivity index (χ2n) is 30.7. The van der Waals surface area contributed by atoms with Gasteiger partial charge < -0.3 is 47.0 Å². The Bertz CT molecular complexity index is 4960. The SMILES string of the molecule is CCC(C)(C)C(=O)OCCC(=O)OC(C(F)(F)F)C(F)(F)S(=O)(=O)[O-].CCC(C)(C)C(=O)OCCC(=O)OC(C(F)(F)F)C(F)(F)S(=O)(=O)[O-].CC[Si](CC)(CC)Cc1ccc([S+](c2ccccc2)c2ccccc2)cc1.O=C1OCCC1Oc1ccc([S+](c2ccccc2)c2ccccc2)cc1.c1ccc([S+](c2ccccc2)c2ccc(OC3CCCCO3)cc2)cc1. The van der Waals surface area contributed by atoms with Gasteiger partial charge in [0.05, 0.1) is 77.6 Å². The number of carbonyl (C=O) groups is 5. The van der Waals surface area contributed by atoms with E-state index in [-0.39, 0.29) is 44.9 Å². The Hall–Kier alpha value is -9.72. The molecule has 0 radical (unpaired) electrons. The molecule has 0 amide bonds. The van der Waals surface area contributed by atoms with Crippen LogP contribution in [0.4, 0.5) is 43.9 Å². The van der Waals surface area contributed by atoms with Gasteiger partial charge in [0.2, 0.25) is 0 Å². The van der Waals surface area contributed by atoms with Crippen LogP contribution in [0.15, 0.2) is 299 Å². The molecule has 2 saturated heterocycles. The number of carbonyl (C=O) groups excluding carboxylic acids is 5. The van der Waals surface area contributed by atoms with Crippen molar-refractivity contribution >= 4 is 90.8 Å². The average Bonchev–Trinajstić information content (AvgIpc) is 0.861. The molecule has 0 aliphatic carbocycles. The summed E-state index contributed by atoms with van der Waals surface area (Å²) in [4.78, 5) is 69.0. The number of esters is 5. The summed E-state index contributed by atoms with van der Waals surface area (Å²) in [6.45, 7) is 16.1. The summed E-state index contributed by atoms with van der Waals surface area (Å²) in [5.74, 6) is -4.12. The lowest BCUT2D eigenvalue weighted by molar-refractivity contribution is -0.259. The van der Waals surface area contributed by atoms with Crippen molar-refractivity contribution in [3.05, 3.63) is 260 Å². The van der Waals surface area contributed by atoms with Gasteiger partial charge in [-0.05, 0) is 193 Å². The van der Waals surface area contributed by atoms with Crippen LogP contribution in [0.3, 0.4) is 0 Å². The summed E-state index contributed by atoms with van der Waals surface area (Å²) in [5.41, 5.74) is -0.356. The van der Waals surface area contributed by atoms with E-state index in [1.54, 1.807) is 13.8 Å². The molecule has 19 nitrogen and oxygen atoms in total. The number of cyclic esters (lactones) is 1. The van der Waals surface area contributed by atoms with E-state index >= 15 is 0 Å². The highest BCUT2D eigenvalue weighted by Gasteiger charge is 2.64. The molecule has 35 heteroatoms. The minimum Gasteiger partial charge on any atom is -0.743 e. The molecule has 11 rings (SSSR count). The van der Waals surface area contributed by atoms with Crippen LogP contribution < -0.4 is 9.47 Å². The number of hydrogen-bond donors (Lipinski definition) is 0. The first-order chi connectivity index (χ1) is 60.8. The average molecular weight is 1920 g/mol. The first-order valence-corrected chi connectivity index (χ1v) is 50.6. The summed E-state index contributed by atoms with van der Waals surface area (Å²) < 4.78 is 228. The Morgan fingerprint density at radius 1 is 0.419 bits per heavy atom. The van der Waals surface area contributed by atoms with Gasteiger partial charge in [-0.25, -0.2) is 21.6 Å². The summed E-state index contributed by atoms with van der Waals surface area (Å²) >= 11 is 0. The molecule has 129 heavy (non-hydrogen) atoms. The smallest absolute Gasteiger partial charge is 0.432 e. The van der Waals surface area contributed by atoms with E-state index in [4.69, 9.17) is 18.9 Å². The van der Waals surface area contributed by atoms with E-state index in [0.29, 0.717) is 31.6 Å². The molecule has 9 aromatic carbocycles. The van der Waals surface area contributed by atoms with E-state index in [2.05, 4.69) is 270 Å². The highest BCUT2D eigenvalue weighted by Crippen LogP contribution is 2.42. The molecule has 2 fully saturated rings. The lowest BCUT2D eigenvalue weighted by atomic mass is 9.91. The largest absolute Gasteiger partial charge is 0.743 e. The Kier molecular flexibility index (Phi) is 40.4. The molecule has 0 spiro atoms. The van der Waals surface area contributed by atoms with Gasteiger partial charge in [0.25, 0.3) is 12.2 Å². The van der Waals surface area contributed by atoms with Crippen molar-refractivity contribution in [2.75, 3.05) is 26.4 Å². The summed E-state index contributed by atoms with van der Waals surface area (Å²) in [6, 6.07) is 95.8. The van der Waals surface area contributed by atoms with E-state index in [9.17, 15) is 93.8 Å². The van der Waals surface area contributed by atoms with Crippen molar-refractivity contribution in [1.29, 1.82) is 0 Å². The van der Waals surface area contributed by atoms with E-state index in [1.807, 2.05) is 24.3 Å². The van der Waals surface area contributed by atoms with Crippen LogP contribution in [0.2, 0.25) is 18.1 Å². The van der Waals surface area contributed by atoms with Gasteiger partial charge in [0, 0.05) is 12.8 Å². The molecule has 0 aromatic heterocycles. The van der Waals surface area contributed by atoms with Gasteiger partial charge in [-0.2, -0.15) is 43.9 Å². The summed E-state index contributed by atoms with van der Waals surface area (Å²) in [7, 11) is -15.0. The van der Waals surface area contributed by atoms with Crippen molar-refractivity contribution in [1.82, 2.24) is 0 Å². The van der Waals surface area contributed by atoms with Crippen LogP contribution in [0.5, 0.6) is 11.5 Å². The molecule has 2 aliphatic rings. The van der Waals surface area contributed by atoms with Gasteiger partial charge in [0.1, 0.15) is 24.7 Å². The molecular formula is C94H105F10O19S5Si+. The predicted octanol–water partition coefficient (Wildman–Crippen LogP) is 21.5. The second kappa shape index (κ2) is 49.0. The minimum atomic E-state index is -6.75. The zero-order chi connectivity index (χ0) is 95.0. The number of halogens is 10. The topological polar surface area (TPSA) is 274 Å². The third-order valence-electron chi connectivity index (χ3n) is 20.9. The van der Waals surface area contributed by atoms with Crippen molar-refractivity contribution in [2.24, 2.45) is 10.8 Å². The molecule has 0 bridgehead atoms. The third-order valence-corrected chi connectivity index (χ3v) is 35.0. The second-order valence-corrected chi connectivity index (χ2v) is 45.2. The van der Waals surface area contributed by atoms with Crippen LogP contribution in [0.25, 0.3) is 0 Å². The highest BCUT2D eigenvalue weighted by atomic mass is 32.2. The normalized spacial score (nSPS) is 15.0. The first-order valence-electron chi connectivity index (χ1n) is 41.3. The summed E-state index contributed by atoms with van der Waals surface area (Å²) in [6.07, 6.45) is -19.1. The van der Waals surface area contributed by atoms with Crippen molar-refractivity contribution in [3.8, 4) is 11.5 Å². The van der Waals surface area contributed by atoms with Crippen molar-refractivity contribution in [2.45, 2.75) is 229 Å². The van der Waals surface area contributed by atoms with Gasteiger partial charge >= 0.3 is 52.7 Å². The third kappa shape index (κ3) is 31.8. The van der Waals surface area contributed by atoms with E-state index in [1.165, 1.54) is 108 Å². The van der Waals surface area contributed by atoms with Crippen LogP contribution >= 0.6 is 0 Å². The predicted molar refractivity (Wildman–Crippen MR) is 470 cm³/mol. The fourth-order valence-electron chi connectivity index (χ4n) is 12.3. The van der Waals surface area contributed by atoms with E-state index < -0.39 is 130 Å². The van der Waals surface area contributed by atoms with Crippen LogP contribution in [-0.4, -0.2) is 138 Å². The molecule has 0 saturated carbocycles. The number of rotatable bonds is 34. The van der Waals surface area contributed by atoms with Gasteiger partial charge in [-0.15, -0.1) is 0 Å². The molecule has 2 aliphatic heterocycles. The zero-order valence-electron chi connectivity index (χ0n) is 72.4. The number of hydrogen-bond acceptors (Lipinski definition) is 19. The molecule has 4 atom stereocenters. The van der Waals surface area contributed by atoms with Crippen molar-refractivity contribution < 1.29 is 132 Å². The van der Waals surface area contributed by atoms with Gasteiger partial charge in [-0.1, -0.05) is 180 Å².